The van der Waals surface area contributed by atoms with Gasteiger partial charge in [-0.3, -0.25) is 28.7 Å². The number of nitro groups is 1. The van der Waals surface area contributed by atoms with Crippen LogP contribution in [0.4, 0.5) is 11.4 Å². The fraction of sp³-hybridized carbons (Fsp3) is 0.100. The Kier molecular flexibility index (Phi) is 5.93. The molecule has 2 aromatic carbocycles. The van der Waals surface area contributed by atoms with Gasteiger partial charge in [-0.05, 0) is 18.2 Å². The molecule has 0 radical (unpaired) electrons. The van der Waals surface area contributed by atoms with Crippen molar-refractivity contribution in [1.29, 1.82) is 0 Å². The molecule has 0 aliphatic carbocycles. The number of benzene rings is 2. The van der Waals surface area contributed by atoms with Crippen molar-refractivity contribution in [2.45, 2.75) is 11.7 Å². The van der Waals surface area contributed by atoms with E-state index in [1.54, 1.807) is 34.7 Å². The molecule has 0 aliphatic heterocycles. The third kappa shape index (κ3) is 3.95. The number of para-hydroxylation sites is 1. The zero-order chi connectivity index (χ0) is 22.8. The highest BCUT2D eigenvalue weighted by molar-refractivity contribution is 7.99. The van der Waals surface area contributed by atoms with E-state index in [0.717, 1.165) is 11.8 Å². The number of aromatic nitrogens is 4. The van der Waals surface area contributed by atoms with Gasteiger partial charge >= 0.3 is 0 Å². The molecular formula is C20H15ClN6O4S. The number of rotatable bonds is 7. The molecule has 0 unspecified atom stereocenters. The lowest BCUT2D eigenvalue weighted by Gasteiger charge is -2.10. The number of hydrogen-bond acceptors (Lipinski definition) is 7. The van der Waals surface area contributed by atoms with Crippen LogP contribution >= 0.6 is 23.4 Å². The number of carbonyl (C=O) groups is 1. The summed E-state index contributed by atoms with van der Waals surface area (Å²) in [5.74, 6) is -0.0654. The van der Waals surface area contributed by atoms with Gasteiger partial charge in [-0.15, -0.1) is 16.8 Å². The summed E-state index contributed by atoms with van der Waals surface area (Å²) in [6.07, 6.45) is 1.60. The Morgan fingerprint density at radius 2 is 2.06 bits per heavy atom. The minimum Gasteiger partial charge on any atom is -0.324 e. The zero-order valence-electron chi connectivity index (χ0n) is 16.4. The van der Waals surface area contributed by atoms with Crippen molar-refractivity contribution >= 4 is 57.3 Å². The van der Waals surface area contributed by atoms with Crippen LogP contribution in [0, 0.1) is 10.1 Å². The number of amides is 1. The van der Waals surface area contributed by atoms with E-state index >= 15 is 0 Å². The van der Waals surface area contributed by atoms with Gasteiger partial charge in [-0.25, -0.2) is 0 Å². The first-order valence-corrected chi connectivity index (χ1v) is 10.6. The second-order valence-electron chi connectivity index (χ2n) is 6.60. The SMILES string of the molecule is C=CCn1c(=O)c2ccccc2n2c(SCC(=O)Nc3ccc([N+](=O)[O-])cc3Cl)nnc12. The van der Waals surface area contributed by atoms with E-state index in [9.17, 15) is 19.7 Å². The van der Waals surface area contributed by atoms with Gasteiger partial charge in [0, 0.05) is 18.7 Å². The summed E-state index contributed by atoms with van der Waals surface area (Å²) in [5, 5.41) is 22.7. The molecule has 32 heavy (non-hydrogen) atoms. The minimum atomic E-state index is -0.569. The first-order valence-electron chi connectivity index (χ1n) is 9.25. The molecule has 0 saturated carbocycles. The molecule has 0 bridgehead atoms. The summed E-state index contributed by atoms with van der Waals surface area (Å²) < 4.78 is 3.18. The van der Waals surface area contributed by atoms with E-state index in [2.05, 4.69) is 22.1 Å². The van der Waals surface area contributed by atoms with E-state index < -0.39 is 4.92 Å². The molecule has 1 amide bonds. The largest absolute Gasteiger partial charge is 0.324 e. The normalized spacial score (nSPS) is 11.0. The summed E-state index contributed by atoms with van der Waals surface area (Å²) in [4.78, 5) is 35.5. The summed E-state index contributed by atoms with van der Waals surface area (Å²) in [6.45, 7) is 3.95. The fourth-order valence-corrected chi connectivity index (χ4v) is 4.12. The van der Waals surface area contributed by atoms with Gasteiger partial charge in [0.05, 0.1) is 32.3 Å². The number of non-ortho nitro benzene ring substituents is 1. The highest BCUT2D eigenvalue weighted by Gasteiger charge is 2.18. The molecule has 2 heterocycles. The van der Waals surface area contributed by atoms with Crippen molar-refractivity contribution in [3.63, 3.8) is 0 Å². The van der Waals surface area contributed by atoms with Gasteiger partial charge in [-0.2, -0.15) is 0 Å². The lowest BCUT2D eigenvalue weighted by atomic mass is 10.2. The number of halogens is 1. The second kappa shape index (κ2) is 8.81. The number of fused-ring (bicyclic) bond motifs is 3. The first-order chi connectivity index (χ1) is 15.4. The quantitative estimate of drug-likeness (QED) is 0.189. The molecular weight excluding hydrogens is 456 g/mol. The Bertz CT molecular complexity index is 1450. The number of thioether (sulfide) groups is 1. The average molecular weight is 471 g/mol. The Balaban J connectivity index is 1.61. The highest BCUT2D eigenvalue weighted by Crippen LogP contribution is 2.27. The van der Waals surface area contributed by atoms with Crippen molar-refractivity contribution in [2.24, 2.45) is 0 Å². The molecule has 0 spiro atoms. The number of hydrogen-bond donors (Lipinski definition) is 1. The molecule has 0 aliphatic rings. The molecule has 4 aromatic rings. The van der Waals surface area contributed by atoms with Gasteiger partial charge in [0.15, 0.2) is 5.16 Å². The van der Waals surface area contributed by atoms with Crippen LogP contribution in [-0.4, -0.2) is 35.7 Å². The van der Waals surface area contributed by atoms with E-state index in [-0.39, 0.29) is 40.2 Å². The van der Waals surface area contributed by atoms with Crippen LogP contribution in [0.15, 0.2) is 65.1 Å². The van der Waals surface area contributed by atoms with Crippen LogP contribution in [-0.2, 0) is 11.3 Å². The lowest BCUT2D eigenvalue weighted by molar-refractivity contribution is -0.384. The van der Waals surface area contributed by atoms with Crippen LogP contribution in [0.1, 0.15) is 0 Å². The van der Waals surface area contributed by atoms with E-state index in [1.165, 1.54) is 22.8 Å². The smallest absolute Gasteiger partial charge is 0.271 e. The Morgan fingerprint density at radius 1 is 1.28 bits per heavy atom. The van der Waals surface area contributed by atoms with Gasteiger partial charge in [0.2, 0.25) is 11.7 Å². The van der Waals surface area contributed by atoms with Crippen molar-refractivity contribution in [1.82, 2.24) is 19.2 Å². The molecule has 0 atom stereocenters. The van der Waals surface area contributed by atoms with Gasteiger partial charge < -0.3 is 5.32 Å². The van der Waals surface area contributed by atoms with E-state index in [0.29, 0.717) is 21.8 Å². The maximum atomic E-state index is 12.8. The fourth-order valence-electron chi connectivity index (χ4n) is 3.16. The first kappa shape index (κ1) is 21.5. The maximum Gasteiger partial charge on any atom is 0.271 e. The second-order valence-corrected chi connectivity index (χ2v) is 7.95. The van der Waals surface area contributed by atoms with Crippen LogP contribution in [0.3, 0.4) is 0 Å². The standard InChI is InChI=1S/C20H15ClN6O4S/c1-2-9-25-18(29)13-5-3-4-6-16(13)26-19(25)23-24-20(26)32-11-17(28)22-15-8-7-12(27(30)31)10-14(15)21/h2-8,10H,1,9,11H2,(H,22,28). The van der Waals surface area contributed by atoms with E-state index in [4.69, 9.17) is 11.6 Å². The highest BCUT2D eigenvalue weighted by atomic mass is 35.5. The van der Waals surface area contributed by atoms with E-state index in [1.807, 2.05) is 0 Å². The topological polar surface area (TPSA) is 124 Å². The van der Waals surface area contributed by atoms with Crippen molar-refractivity contribution < 1.29 is 9.72 Å². The van der Waals surface area contributed by atoms with Crippen LogP contribution in [0.5, 0.6) is 0 Å². The Morgan fingerprint density at radius 3 is 2.78 bits per heavy atom. The number of nitro benzene ring substituents is 1. The lowest BCUT2D eigenvalue weighted by Crippen LogP contribution is -2.22. The van der Waals surface area contributed by atoms with Gasteiger partial charge in [0.25, 0.3) is 11.2 Å². The zero-order valence-corrected chi connectivity index (χ0v) is 18.0. The summed E-state index contributed by atoms with van der Waals surface area (Å²) in [6, 6.07) is 10.9. The van der Waals surface area contributed by atoms with Crippen molar-refractivity contribution in [3.8, 4) is 0 Å². The van der Waals surface area contributed by atoms with Gasteiger partial charge in [-0.1, -0.05) is 41.6 Å². The molecule has 2 aromatic heterocycles. The monoisotopic (exact) mass is 470 g/mol. The van der Waals surface area contributed by atoms with Crippen LogP contribution < -0.4 is 10.9 Å². The average Bonchev–Trinajstić information content (AvgIpc) is 3.20. The number of nitrogens with one attached hydrogen (secondary N) is 1. The minimum absolute atomic E-state index is 0.0248. The molecule has 12 heteroatoms. The maximum absolute atomic E-state index is 12.8. The third-order valence-corrected chi connectivity index (χ3v) is 5.80. The molecule has 4 rings (SSSR count). The van der Waals surface area contributed by atoms with Crippen molar-refractivity contribution in [2.75, 3.05) is 11.1 Å². The molecule has 10 nitrogen and oxygen atoms in total. The summed E-state index contributed by atoms with van der Waals surface area (Å²) in [5.41, 5.74) is 0.510. The Hall–Kier alpha value is -3.70. The summed E-state index contributed by atoms with van der Waals surface area (Å²) >= 11 is 7.16. The van der Waals surface area contributed by atoms with Crippen LogP contribution in [0.25, 0.3) is 16.7 Å². The number of carbonyl (C=O) groups excluding carboxylic acids is 1. The third-order valence-electron chi connectivity index (χ3n) is 4.56. The number of nitrogens with zero attached hydrogens (tertiary/aromatic N) is 5. The predicted octanol–water partition coefficient (Wildman–Crippen LogP) is 3.52. The molecule has 162 valence electrons. The molecule has 0 saturated heterocycles. The summed E-state index contributed by atoms with van der Waals surface area (Å²) in [7, 11) is 0. The number of anilines is 1. The van der Waals surface area contributed by atoms with Gasteiger partial charge in [0.1, 0.15) is 0 Å². The van der Waals surface area contributed by atoms with Crippen LogP contribution in [0.2, 0.25) is 5.02 Å². The molecule has 0 fully saturated rings. The van der Waals surface area contributed by atoms with Crippen molar-refractivity contribution in [3.05, 3.63) is 80.6 Å². The molecule has 1 N–H and O–H groups in total. The predicted molar refractivity (Wildman–Crippen MR) is 122 cm³/mol. The number of allylic oxidation sites excluding steroid dienone is 1. The Labute approximate surface area is 189 Å².